The first-order valence-electron chi connectivity index (χ1n) is 11.3. The fraction of sp³-hybridized carbons (Fsp3) is 0.148. The van der Waals surface area contributed by atoms with E-state index in [1.165, 1.54) is 6.33 Å². The van der Waals surface area contributed by atoms with Gasteiger partial charge in [-0.05, 0) is 54.4 Å². The molecule has 0 aliphatic carbocycles. The molecule has 1 atom stereocenters. The van der Waals surface area contributed by atoms with Crippen LogP contribution in [0.15, 0.2) is 90.4 Å². The van der Waals surface area contributed by atoms with Gasteiger partial charge in [-0.25, -0.2) is 4.68 Å². The Hall–Kier alpha value is -4.30. The molecule has 0 fully saturated rings. The quantitative estimate of drug-likeness (QED) is 0.350. The van der Waals surface area contributed by atoms with Crippen molar-refractivity contribution in [1.82, 2.24) is 14.8 Å². The van der Waals surface area contributed by atoms with E-state index in [9.17, 15) is 4.79 Å². The number of nitrogens with zero attached hydrogens (tertiary/aromatic N) is 3. The van der Waals surface area contributed by atoms with E-state index in [1.807, 2.05) is 67.6 Å². The lowest BCUT2D eigenvalue weighted by Gasteiger charge is -2.29. The number of halogens is 1. The summed E-state index contributed by atoms with van der Waals surface area (Å²) >= 11 is 5.98. The third-order valence-electron chi connectivity index (χ3n) is 5.89. The molecule has 0 radical (unpaired) electrons. The van der Waals surface area contributed by atoms with Crippen molar-refractivity contribution in [1.29, 1.82) is 0 Å². The molecule has 3 aromatic carbocycles. The summed E-state index contributed by atoms with van der Waals surface area (Å²) in [5.74, 6) is 1.52. The van der Waals surface area contributed by atoms with Crippen LogP contribution in [0, 0.1) is 0 Å². The molecule has 5 rings (SSSR count). The van der Waals surface area contributed by atoms with Crippen molar-refractivity contribution in [3.05, 3.63) is 107 Å². The molecule has 0 unspecified atom stereocenters. The normalized spacial score (nSPS) is 14.6. The number of aromatic nitrogens is 3. The van der Waals surface area contributed by atoms with Crippen LogP contribution in [0.4, 0.5) is 11.6 Å². The highest BCUT2D eigenvalue weighted by Crippen LogP contribution is 2.37. The van der Waals surface area contributed by atoms with Crippen LogP contribution in [-0.4, -0.2) is 27.8 Å². The summed E-state index contributed by atoms with van der Waals surface area (Å²) in [5.41, 5.74) is 3.60. The number of benzene rings is 3. The van der Waals surface area contributed by atoms with Gasteiger partial charge in [0.15, 0.2) is 0 Å². The van der Waals surface area contributed by atoms with E-state index < -0.39 is 6.04 Å². The first-order chi connectivity index (χ1) is 17.5. The number of carbonyl (C=O) groups excluding carboxylic acids is 1. The minimum atomic E-state index is -0.516. The fourth-order valence-electron chi connectivity index (χ4n) is 4.15. The number of nitrogens with one attached hydrogen (secondary N) is 2. The molecule has 1 aliphatic rings. The van der Waals surface area contributed by atoms with Gasteiger partial charge in [0.1, 0.15) is 30.5 Å². The molecule has 182 valence electrons. The number of amides is 1. The third-order valence-corrected chi connectivity index (χ3v) is 6.14. The zero-order valence-corrected chi connectivity index (χ0v) is 20.5. The molecular weight excluding hydrogens is 478 g/mol. The van der Waals surface area contributed by atoms with E-state index in [0.717, 1.165) is 11.1 Å². The molecule has 0 saturated heterocycles. The molecule has 1 amide bonds. The molecule has 9 heteroatoms. The lowest BCUT2D eigenvalue weighted by molar-refractivity contribution is -0.113. The highest BCUT2D eigenvalue weighted by Gasteiger charge is 2.34. The van der Waals surface area contributed by atoms with E-state index in [1.54, 1.807) is 23.9 Å². The van der Waals surface area contributed by atoms with Crippen LogP contribution >= 0.6 is 11.6 Å². The molecule has 1 aromatic heterocycles. The minimum absolute atomic E-state index is 0.275. The summed E-state index contributed by atoms with van der Waals surface area (Å²) in [7, 11) is 1.57. The van der Waals surface area contributed by atoms with Gasteiger partial charge in [0.25, 0.3) is 5.91 Å². The smallest absolute Gasteiger partial charge is 0.255 e. The zero-order chi connectivity index (χ0) is 25.1. The average Bonchev–Trinajstić information content (AvgIpc) is 3.36. The number of methoxy groups -OCH3 is 1. The van der Waals surface area contributed by atoms with Gasteiger partial charge >= 0.3 is 0 Å². The third kappa shape index (κ3) is 4.76. The number of ether oxygens (including phenoxy) is 2. The highest BCUT2D eigenvalue weighted by atomic mass is 35.5. The number of fused-ring (bicyclic) bond motifs is 1. The zero-order valence-electron chi connectivity index (χ0n) is 19.7. The molecule has 0 saturated carbocycles. The van der Waals surface area contributed by atoms with Crippen LogP contribution in [0.5, 0.6) is 11.5 Å². The Kier molecular flexibility index (Phi) is 6.60. The Morgan fingerprint density at radius 3 is 2.72 bits per heavy atom. The van der Waals surface area contributed by atoms with Gasteiger partial charge in [0.05, 0.1) is 18.4 Å². The monoisotopic (exact) mass is 501 g/mol. The topological polar surface area (TPSA) is 90.3 Å². The van der Waals surface area contributed by atoms with Gasteiger partial charge in [-0.2, -0.15) is 10.1 Å². The summed E-state index contributed by atoms with van der Waals surface area (Å²) in [6.45, 7) is 2.24. The van der Waals surface area contributed by atoms with E-state index in [0.29, 0.717) is 46.0 Å². The molecule has 4 aromatic rings. The molecule has 1 aliphatic heterocycles. The standard InChI is InChI=1S/C27H24ClN5O3/c1-17-24(26(34)32-22-8-3-4-9-23(22)35-2)25(33-27(31-17)29-16-30-33)19-6-5-7-21(14-19)36-15-18-10-12-20(28)13-11-18/h3-14,16,25H,15H2,1-2H3,(H,32,34)(H,29,30,31)/t25-/m1/s1. The maximum atomic E-state index is 13.6. The fourth-order valence-corrected chi connectivity index (χ4v) is 4.28. The van der Waals surface area contributed by atoms with Crippen molar-refractivity contribution in [3.8, 4) is 11.5 Å². The van der Waals surface area contributed by atoms with Crippen molar-refractivity contribution in [2.45, 2.75) is 19.6 Å². The van der Waals surface area contributed by atoms with Crippen LogP contribution in [0.2, 0.25) is 5.02 Å². The summed E-state index contributed by atoms with van der Waals surface area (Å²) in [5, 5.41) is 11.3. The van der Waals surface area contributed by atoms with Crippen molar-refractivity contribution >= 4 is 29.1 Å². The van der Waals surface area contributed by atoms with Gasteiger partial charge in [0.2, 0.25) is 5.95 Å². The highest BCUT2D eigenvalue weighted by molar-refractivity contribution is 6.30. The van der Waals surface area contributed by atoms with Crippen molar-refractivity contribution < 1.29 is 14.3 Å². The van der Waals surface area contributed by atoms with Crippen molar-refractivity contribution in [3.63, 3.8) is 0 Å². The van der Waals surface area contributed by atoms with E-state index in [4.69, 9.17) is 21.1 Å². The van der Waals surface area contributed by atoms with Gasteiger partial charge in [-0.3, -0.25) is 4.79 Å². The Labute approximate surface area is 213 Å². The Bertz CT molecular complexity index is 1430. The van der Waals surface area contributed by atoms with E-state index in [2.05, 4.69) is 20.7 Å². The molecular formula is C27H24ClN5O3. The maximum Gasteiger partial charge on any atom is 0.255 e. The Balaban J connectivity index is 1.46. The Morgan fingerprint density at radius 1 is 1.11 bits per heavy atom. The van der Waals surface area contributed by atoms with Crippen LogP contribution < -0.4 is 20.1 Å². The lowest BCUT2D eigenvalue weighted by atomic mass is 9.94. The summed E-state index contributed by atoms with van der Waals surface area (Å²) in [4.78, 5) is 17.9. The van der Waals surface area contributed by atoms with Gasteiger partial charge < -0.3 is 20.1 Å². The van der Waals surface area contributed by atoms with Crippen LogP contribution in [0.25, 0.3) is 0 Å². The number of hydrogen-bond acceptors (Lipinski definition) is 6. The number of allylic oxidation sites excluding steroid dienone is 1. The lowest BCUT2D eigenvalue weighted by Crippen LogP contribution is -2.31. The number of rotatable bonds is 7. The molecule has 8 nitrogen and oxygen atoms in total. The summed E-state index contributed by atoms with van der Waals surface area (Å²) in [6.07, 6.45) is 1.46. The first kappa shape index (κ1) is 23.4. The minimum Gasteiger partial charge on any atom is -0.495 e. The Morgan fingerprint density at radius 2 is 1.92 bits per heavy atom. The largest absolute Gasteiger partial charge is 0.495 e. The summed E-state index contributed by atoms with van der Waals surface area (Å²) in [6, 6.07) is 21.9. The van der Waals surface area contributed by atoms with Gasteiger partial charge in [-0.1, -0.05) is 48.0 Å². The molecule has 36 heavy (non-hydrogen) atoms. The van der Waals surface area contributed by atoms with Gasteiger partial charge in [0, 0.05) is 10.7 Å². The van der Waals surface area contributed by atoms with Crippen LogP contribution in [-0.2, 0) is 11.4 Å². The van der Waals surface area contributed by atoms with Crippen molar-refractivity contribution in [2.24, 2.45) is 0 Å². The second-order valence-corrected chi connectivity index (χ2v) is 8.67. The van der Waals surface area contributed by atoms with E-state index >= 15 is 0 Å². The van der Waals surface area contributed by atoms with E-state index in [-0.39, 0.29) is 5.91 Å². The van der Waals surface area contributed by atoms with Crippen LogP contribution in [0.3, 0.4) is 0 Å². The van der Waals surface area contributed by atoms with Gasteiger partial charge in [-0.15, -0.1) is 0 Å². The first-order valence-corrected chi connectivity index (χ1v) is 11.7. The second kappa shape index (κ2) is 10.1. The molecule has 0 spiro atoms. The van der Waals surface area contributed by atoms with Crippen LogP contribution in [0.1, 0.15) is 24.1 Å². The predicted molar refractivity (Wildman–Crippen MR) is 138 cm³/mol. The van der Waals surface area contributed by atoms with Crippen molar-refractivity contribution in [2.75, 3.05) is 17.7 Å². The number of para-hydroxylation sites is 2. The average molecular weight is 502 g/mol. The molecule has 2 N–H and O–H groups in total. The number of anilines is 2. The molecule has 2 heterocycles. The summed E-state index contributed by atoms with van der Waals surface area (Å²) < 4.78 is 13.1. The predicted octanol–water partition coefficient (Wildman–Crippen LogP) is 5.45. The number of hydrogen-bond donors (Lipinski definition) is 2. The molecule has 0 bridgehead atoms. The second-order valence-electron chi connectivity index (χ2n) is 8.24. The SMILES string of the molecule is COc1ccccc1NC(=O)C1=C(C)Nc2ncnn2[C@@H]1c1cccc(OCc2ccc(Cl)cc2)c1. The maximum absolute atomic E-state index is 13.6. The number of carbonyl (C=O) groups is 1.